The minimum atomic E-state index is -4.87. The maximum atomic E-state index is 12.7. The Kier molecular flexibility index (Phi) is 36.2. The number of ether oxygens (including phenoxy) is 3. The predicted octanol–water partition coefficient (Wildman–Crippen LogP) is 11.7. The van der Waals surface area contributed by atoms with E-state index in [1.807, 2.05) is 12.2 Å². The Balaban J connectivity index is 2.34. The summed E-state index contributed by atoms with van der Waals surface area (Å²) in [5.41, 5.74) is 0. The van der Waals surface area contributed by atoms with Crippen LogP contribution in [0.1, 0.15) is 194 Å². The highest BCUT2D eigenvalue weighted by Gasteiger charge is 2.36. The number of phosphoric ester groups is 2. The molecule has 1 aliphatic rings. The molecule has 368 valence electrons. The molecule has 0 aromatic carbocycles. The third kappa shape index (κ3) is 39.2. The van der Waals surface area contributed by atoms with Gasteiger partial charge in [0.1, 0.15) is 12.7 Å². The van der Waals surface area contributed by atoms with Crippen molar-refractivity contribution in [3.05, 3.63) is 36.5 Å². The zero-order valence-corrected chi connectivity index (χ0v) is 40.8. The van der Waals surface area contributed by atoms with Crippen molar-refractivity contribution in [3.63, 3.8) is 0 Å². The number of aliphatic hydroxyl groups is 1. The number of carbonyl (C=O) groups excluding carboxylic acids is 2. The van der Waals surface area contributed by atoms with Crippen molar-refractivity contribution in [2.45, 2.75) is 219 Å². The third-order valence-corrected chi connectivity index (χ3v) is 12.4. The molecule has 0 bridgehead atoms. The van der Waals surface area contributed by atoms with Gasteiger partial charge in [0.05, 0.1) is 32.0 Å². The zero-order valence-electron chi connectivity index (χ0n) is 39.0. The third-order valence-electron chi connectivity index (χ3n) is 11.0. The first kappa shape index (κ1) is 59.3. The van der Waals surface area contributed by atoms with Crippen LogP contribution in [-0.4, -0.2) is 82.6 Å². The maximum absolute atomic E-state index is 12.7. The topological polar surface area (TPSA) is 208 Å². The molecule has 1 heterocycles. The second kappa shape index (κ2) is 38.4. The molecular formula is C47H86O14P2. The summed E-state index contributed by atoms with van der Waals surface area (Å²) in [7, 11) is -9.70. The van der Waals surface area contributed by atoms with Crippen molar-refractivity contribution < 1.29 is 66.3 Å². The number of hydrogen-bond acceptors (Lipinski definition) is 11. The molecule has 16 heteroatoms. The Labute approximate surface area is 380 Å². The van der Waals surface area contributed by atoms with E-state index in [1.165, 1.54) is 96.3 Å². The fourth-order valence-corrected chi connectivity index (χ4v) is 7.98. The highest BCUT2D eigenvalue weighted by Crippen LogP contribution is 2.44. The average Bonchev–Trinajstić information content (AvgIpc) is 4.00. The highest BCUT2D eigenvalue weighted by atomic mass is 31.2. The molecule has 1 aliphatic heterocycles. The quantitative estimate of drug-likeness (QED) is 0.0147. The Morgan fingerprint density at radius 1 is 0.619 bits per heavy atom. The number of epoxide rings is 1. The van der Waals surface area contributed by atoms with E-state index in [1.54, 1.807) is 0 Å². The number of carbonyl (C=O) groups is 2. The molecule has 1 fully saturated rings. The van der Waals surface area contributed by atoms with E-state index in [2.05, 4.69) is 49.6 Å². The van der Waals surface area contributed by atoms with E-state index >= 15 is 0 Å². The van der Waals surface area contributed by atoms with Crippen molar-refractivity contribution in [1.82, 2.24) is 0 Å². The van der Waals surface area contributed by atoms with Gasteiger partial charge in [-0.2, -0.15) is 0 Å². The van der Waals surface area contributed by atoms with Crippen LogP contribution in [0.25, 0.3) is 0 Å². The summed E-state index contributed by atoms with van der Waals surface area (Å²) in [6.45, 7) is 4.05. The Morgan fingerprint density at radius 3 is 1.76 bits per heavy atom. The van der Waals surface area contributed by atoms with Crippen molar-refractivity contribution in [1.29, 1.82) is 0 Å². The number of phosphoric acid groups is 2. The second-order valence-corrected chi connectivity index (χ2v) is 19.7. The van der Waals surface area contributed by atoms with Gasteiger partial charge in [-0.25, -0.2) is 9.13 Å². The van der Waals surface area contributed by atoms with Crippen molar-refractivity contribution in [2.24, 2.45) is 5.92 Å². The largest absolute Gasteiger partial charge is 0.472 e. The van der Waals surface area contributed by atoms with Gasteiger partial charge in [-0.05, 0) is 50.9 Å². The van der Waals surface area contributed by atoms with Crippen molar-refractivity contribution >= 4 is 27.6 Å². The van der Waals surface area contributed by atoms with Crippen LogP contribution in [0.15, 0.2) is 36.5 Å². The van der Waals surface area contributed by atoms with Crippen LogP contribution in [0.3, 0.4) is 0 Å². The minimum Gasteiger partial charge on any atom is -0.462 e. The van der Waals surface area contributed by atoms with Gasteiger partial charge in [0, 0.05) is 12.8 Å². The summed E-state index contributed by atoms with van der Waals surface area (Å²) in [4.78, 5) is 52.8. The molecule has 1 saturated heterocycles. The van der Waals surface area contributed by atoms with Gasteiger partial charge in [0.25, 0.3) is 0 Å². The Bertz CT molecular complexity index is 1330. The number of rotatable bonds is 44. The first-order valence-corrected chi connectivity index (χ1v) is 27.2. The number of aliphatic hydroxyl groups excluding tert-OH is 1. The number of allylic oxidation sites excluding steroid dienone is 5. The van der Waals surface area contributed by atoms with Crippen LogP contribution in [-0.2, 0) is 46.5 Å². The van der Waals surface area contributed by atoms with Crippen molar-refractivity contribution in [3.8, 4) is 0 Å². The van der Waals surface area contributed by atoms with Crippen LogP contribution in [0, 0.1) is 5.92 Å². The zero-order chi connectivity index (χ0) is 46.4. The van der Waals surface area contributed by atoms with Gasteiger partial charge in [-0.3, -0.25) is 23.2 Å². The van der Waals surface area contributed by atoms with Gasteiger partial charge in [-0.1, -0.05) is 173 Å². The van der Waals surface area contributed by atoms with E-state index in [0.29, 0.717) is 31.5 Å². The minimum absolute atomic E-state index is 0.0530. The molecule has 0 aliphatic carbocycles. The van der Waals surface area contributed by atoms with E-state index in [9.17, 15) is 28.7 Å². The van der Waals surface area contributed by atoms with Gasteiger partial charge in [-0.15, -0.1) is 0 Å². The van der Waals surface area contributed by atoms with Gasteiger partial charge in [0.15, 0.2) is 6.10 Å². The fraction of sp³-hybridized carbons (Fsp3) is 0.830. The molecule has 0 aromatic rings. The van der Waals surface area contributed by atoms with Crippen LogP contribution >= 0.6 is 15.6 Å². The summed E-state index contributed by atoms with van der Waals surface area (Å²) in [5.74, 6) is -0.235. The maximum Gasteiger partial charge on any atom is 0.472 e. The average molecular weight is 937 g/mol. The normalized spacial score (nSPS) is 18.0. The number of unbranched alkanes of at least 4 members (excludes halogenated alkanes) is 16. The van der Waals surface area contributed by atoms with E-state index < -0.39 is 66.2 Å². The fourth-order valence-electron chi connectivity index (χ4n) is 6.82. The SMILES string of the molecule is CCCCCC1OC1C/C=C\C/C=C\C/C=C\CCCC(=O)O[C@H](COC(=O)CCCCCCCCCCCCCCCCC(C)CC)COP(=O)(O)OC[C@@H](O)COP(=O)(O)O. The lowest BCUT2D eigenvalue weighted by molar-refractivity contribution is -0.161. The Hall–Kier alpha value is -1.70. The first-order valence-electron chi connectivity index (χ1n) is 24.2. The lowest BCUT2D eigenvalue weighted by atomic mass is 9.99. The van der Waals surface area contributed by atoms with Gasteiger partial charge < -0.3 is 34.0 Å². The number of esters is 2. The molecule has 0 radical (unpaired) electrons. The molecule has 4 unspecified atom stereocenters. The molecule has 0 aromatic heterocycles. The predicted molar refractivity (Wildman–Crippen MR) is 248 cm³/mol. The van der Waals surface area contributed by atoms with E-state index in [-0.39, 0.29) is 12.8 Å². The van der Waals surface area contributed by atoms with Crippen LogP contribution in [0.2, 0.25) is 0 Å². The van der Waals surface area contributed by atoms with Crippen molar-refractivity contribution in [2.75, 3.05) is 26.4 Å². The summed E-state index contributed by atoms with van der Waals surface area (Å²) in [6.07, 6.45) is 38.8. The monoisotopic (exact) mass is 937 g/mol. The van der Waals surface area contributed by atoms with Gasteiger partial charge in [0.2, 0.25) is 0 Å². The summed E-state index contributed by atoms with van der Waals surface area (Å²) in [6, 6.07) is 0. The molecule has 63 heavy (non-hydrogen) atoms. The summed E-state index contributed by atoms with van der Waals surface area (Å²) < 4.78 is 53.6. The molecule has 1 rings (SSSR count). The standard InChI is InChI=1S/C47H86O14P2/c1-4-6-27-33-44-45(61-44)34-29-24-20-16-13-14-18-22-26-31-36-47(50)60-43(40-59-63(54,55)58-38-42(48)37-57-62(51,52)53)39-56-46(49)35-30-25-21-17-12-10-8-7-9-11-15-19-23-28-32-41(3)5-2/h13,16,18,22,24,29,41-45,48H,4-12,14-15,17,19-21,23,25-28,30-40H2,1-3H3,(H,54,55)(H2,51,52,53)/b16-13-,22-18-,29-24-/t41?,42-,43+,44?,45?/m0/s1. The molecule has 4 N–H and O–H groups in total. The smallest absolute Gasteiger partial charge is 0.462 e. The first-order chi connectivity index (χ1) is 30.2. The van der Waals surface area contributed by atoms with E-state index in [4.69, 9.17) is 33.0 Å². The van der Waals surface area contributed by atoms with Crippen LogP contribution in [0.4, 0.5) is 0 Å². The molecule has 0 saturated carbocycles. The van der Waals surface area contributed by atoms with Gasteiger partial charge >= 0.3 is 27.6 Å². The number of hydrogen-bond donors (Lipinski definition) is 4. The second-order valence-electron chi connectivity index (χ2n) is 17.0. The lowest BCUT2D eigenvalue weighted by Gasteiger charge is -2.20. The molecular weight excluding hydrogens is 850 g/mol. The molecule has 6 atom stereocenters. The molecule has 0 amide bonds. The lowest BCUT2D eigenvalue weighted by Crippen LogP contribution is -2.29. The molecule has 14 nitrogen and oxygen atoms in total. The van der Waals surface area contributed by atoms with Crippen LogP contribution < -0.4 is 0 Å². The molecule has 0 spiro atoms. The van der Waals surface area contributed by atoms with Crippen LogP contribution in [0.5, 0.6) is 0 Å². The summed E-state index contributed by atoms with van der Waals surface area (Å²) in [5, 5.41) is 9.77. The highest BCUT2D eigenvalue weighted by molar-refractivity contribution is 7.47. The van der Waals surface area contributed by atoms with E-state index in [0.717, 1.165) is 50.9 Å². The summed E-state index contributed by atoms with van der Waals surface area (Å²) >= 11 is 0. The Morgan fingerprint density at radius 2 is 1.16 bits per heavy atom.